The van der Waals surface area contributed by atoms with E-state index in [2.05, 4.69) is 19.1 Å². The molecule has 0 N–H and O–H groups in total. The predicted molar refractivity (Wildman–Crippen MR) is 56.2 cm³/mol. The lowest BCUT2D eigenvalue weighted by molar-refractivity contribution is 1.19. The van der Waals surface area contributed by atoms with Crippen LogP contribution < -0.4 is 0 Å². The van der Waals surface area contributed by atoms with Crippen molar-refractivity contribution in [2.24, 2.45) is 0 Å². The predicted octanol–water partition coefficient (Wildman–Crippen LogP) is 4.12. The van der Waals surface area contributed by atoms with Gasteiger partial charge in [0.15, 0.2) is 0 Å². The molecule has 1 heterocycles. The standard InChI is InChI=1S/C10H9ClS/c1-2-9-5-7-3-4-8(11)6-10(7)12-9/h3-6H,2H2,1H3. The summed E-state index contributed by atoms with van der Waals surface area (Å²) in [7, 11) is 0. The maximum absolute atomic E-state index is 5.88. The lowest BCUT2D eigenvalue weighted by Crippen LogP contribution is -1.64. The Morgan fingerprint density at radius 3 is 2.92 bits per heavy atom. The Hall–Kier alpha value is -0.530. The van der Waals surface area contributed by atoms with E-state index in [1.54, 1.807) is 0 Å². The SMILES string of the molecule is CCc1cc2ccc(Cl)cc2s1. The molecule has 0 nitrogen and oxygen atoms in total. The van der Waals surface area contributed by atoms with E-state index in [1.807, 2.05) is 23.5 Å². The van der Waals surface area contributed by atoms with Crippen molar-refractivity contribution in [2.75, 3.05) is 0 Å². The van der Waals surface area contributed by atoms with Crippen LogP contribution in [-0.2, 0) is 6.42 Å². The third-order valence-corrected chi connectivity index (χ3v) is 3.36. The van der Waals surface area contributed by atoms with Crippen molar-refractivity contribution < 1.29 is 0 Å². The third kappa shape index (κ3) is 1.35. The van der Waals surface area contributed by atoms with E-state index < -0.39 is 0 Å². The molecule has 0 saturated heterocycles. The number of hydrogen-bond donors (Lipinski definition) is 0. The second-order valence-corrected chi connectivity index (χ2v) is 4.35. The van der Waals surface area contributed by atoms with E-state index >= 15 is 0 Å². The molecule has 0 saturated carbocycles. The molecule has 1 aromatic carbocycles. The monoisotopic (exact) mass is 196 g/mol. The summed E-state index contributed by atoms with van der Waals surface area (Å²) in [4.78, 5) is 1.42. The number of hydrogen-bond acceptors (Lipinski definition) is 1. The quantitative estimate of drug-likeness (QED) is 0.644. The van der Waals surface area contributed by atoms with Crippen LogP contribution in [0, 0.1) is 0 Å². The van der Waals surface area contributed by atoms with Crippen LogP contribution in [-0.4, -0.2) is 0 Å². The van der Waals surface area contributed by atoms with Gasteiger partial charge in [0.2, 0.25) is 0 Å². The van der Waals surface area contributed by atoms with Gasteiger partial charge in [-0.05, 0) is 30.0 Å². The molecule has 2 aromatic rings. The van der Waals surface area contributed by atoms with Gasteiger partial charge in [-0.2, -0.15) is 0 Å². The van der Waals surface area contributed by atoms with E-state index in [0.717, 1.165) is 11.4 Å². The second-order valence-electron chi connectivity index (χ2n) is 2.75. The molecule has 0 atom stereocenters. The van der Waals surface area contributed by atoms with Crippen LogP contribution in [0.25, 0.3) is 10.1 Å². The summed E-state index contributed by atoms with van der Waals surface area (Å²) in [6.07, 6.45) is 1.11. The van der Waals surface area contributed by atoms with Gasteiger partial charge in [0.05, 0.1) is 0 Å². The number of thiophene rings is 1. The highest BCUT2D eigenvalue weighted by Crippen LogP contribution is 2.28. The largest absolute Gasteiger partial charge is 0.140 e. The van der Waals surface area contributed by atoms with Gasteiger partial charge < -0.3 is 0 Å². The molecular weight excluding hydrogens is 188 g/mol. The molecule has 0 aliphatic rings. The molecule has 0 radical (unpaired) electrons. The van der Waals surface area contributed by atoms with E-state index in [1.165, 1.54) is 15.0 Å². The maximum atomic E-state index is 5.88. The summed E-state index contributed by atoms with van der Waals surface area (Å²) < 4.78 is 1.29. The first-order chi connectivity index (χ1) is 5.79. The number of aryl methyl sites for hydroxylation is 1. The summed E-state index contributed by atoms with van der Waals surface area (Å²) >= 11 is 7.70. The van der Waals surface area contributed by atoms with Crippen molar-refractivity contribution >= 4 is 33.0 Å². The molecule has 0 unspecified atom stereocenters. The summed E-state index contributed by atoms with van der Waals surface area (Å²) in [5, 5.41) is 2.13. The third-order valence-electron chi connectivity index (χ3n) is 1.88. The Bertz CT molecular complexity index is 403. The summed E-state index contributed by atoms with van der Waals surface area (Å²) in [6, 6.07) is 8.28. The molecule has 0 spiro atoms. The molecule has 2 rings (SSSR count). The van der Waals surface area contributed by atoms with Crippen LogP contribution in [0.2, 0.25) is 5.02 Å². The van der Waals surface area contributed by atoms with E-state index in [0.29, 0.717) is 0 Å². The van der Waals surface area contributed by atoms with Crippen LogP contribution in [0.3, 0.4) is 0 Å². The molecule has 0 fully saturated rings. The van der Waals surface area contributed by atoms with Crippen molar-refractivity contribution in [2.45, 2.75) is 13.3 Å². The van der Waals surface area contributed by atoms with Crippen molar-refractivity contribution in [3.8, 4) is 0 Å². The first-order valence-electron chi connectivity index (χ1n) is 3.97. The summed E-state index contributed by atoms with van der Waals surface area (Å²) in [5.74, 6) is 0. The minimum absolute atomic E-state index is 0.826. The van der Waals surface area contributed by atoms with Gasteiger partial charge in [0, 0.05) is 14.6 Å². The van der Waals surface area contributed by atoms with Crippen LogP contribution in [0.4, 0.5) is 0 Å². The molecular formula is C10H9ClS. The van der Waals surface area contributed by atoms with Crippen LogP contribution >= 0.6 is 22.9 Å². The van der Waals surface area contributed by atoms with Crippen molar-refractivity contribution in [3.63, 3.8) is 0 Å². The second kappa shape index (κ2) is 3.08. The average molecular weight is 197 g/mol. The first-order valence-corrected chi connectivity index (χ1v) is 5.17. The number of rotatable bonds is 1. The Morgan fingerprint density at radius 1 is 1.33 bits per heavy atom. The normalized spacial score (nSPS) is 10.8. The first kappa shape index (κ1) is 8.09. The lowest BCUT2D eigenvalue weighted by Gasteiger charge is -1.88. The van der Waals surface area contributed by atoms with Crippen LogP contribution in [0.5, 0.6) is 0 Å². The molecule has 0 aliphatic heterocycles. The van der Waals surface area contributed by atoms with Crippen molar-refractivity contribution in [1.82, 2.24) is 0 Å². The fourth-order valence-electron chi connectivity index (χ4n) is 1.23. The lowest BCUT2D eigenvalue weighted by atomic mass is 10.2. The molecule has 2 heteroatoms. The highest BCUT2D eigenvalue weighted by Gasteiger charge is 1.99. The Labute approximate surface area is 80.8 Å². The topological polar surface area (TPSA) is 0 Å². The Kier molecular flexibility index (Phi) is 2.07. The Balaban J connectivity index is 2.67. The number of benzene rings is 1. The van der Waals surface area contributed by atoms with Gasteiger partial charge in [-0.3, -0.25) is 0 Å². The zero-order valence-electron chi connectivity index (χ0n) is 6.80. The zero-order valence-corrected chi connectivity index (χ0v) is 8.38. The van der Waals surface area contributed by atoms with E-state index in [9.17, 15) is 0 Å². The highest BCUT2D eigenvalue weighted by atomic mass is 35.5. The average Bonchev–Trinajstić information content (AvgIpc) is 2.46. The number of halogens is 1. The van der Waals surface area contributed by atoms with Gasteiger partial charge >= 0.3 is 0 Å². The minimum atomic E-state index is 0.826. The van der Waals surface area contributed by atoms with Crippen molar-refractivity contribution in [1.29, 1.82) is 0 Å². The van der Waals surface area contributed by atoms with Gasteiger partial charge in [-0.15, -0.1) is 11.3 Å². The van der Waals surface area contributed by atoms with E-state index in [-0.39, 0.29) is 0 Å². The van der Waals surface area contributed by atoms with Gasteiger partial charge in [-0.25, -0.2) is 0 Å². The maximum Gasteiger partial charge on any atom is 0.0420 e. The smallest absolute Gasteiger partial charge is 0.0420 e. The Morgan fingerprint density at radius 2 is 2.17 bits per heavy atom. The van der Waals surface area contributed by atoms with Crippen molar-refractivity contribution in [3.05, 3.63) is 34.2 Å². The molecule has 0 aliphatic carbocycles. The minimum Gasteiger partial charge on any atom is -0.140 e. The molecule has 0 bridgehead atoms. The summed E-state index contributed by atoms with van der Waals surface area (Å²) in [5.41, 5.74) is 0. The summed E-state index contributed by atoms with van der Waals surface area (Å²) in [6.45, 7) is 2.17. The van der Waals surface area contributed by atoms with Gasteiger partial charge in [-0.1, -0.05) is 24.6 Å². The molecule has 1 aromatic heterocycles. The molecule has 0 amide bonds. The zero-order chi connectivity index (χ0) is 8.55. The van der Waals surface area contributed by atoms with Gasteiger partial charge in [0.25, 0.3) is 0 Å². The molecule has 12 heavy (non-hydrogen) atoms. The fourth-order valence-corrected chi connectivity index (χ4v) is 2.51. The van der Waals surface area contributed by atoms with Crippen LogP contribution in [0.1, 0.15) is 11.8 Å². The molecule has 62 valence electrons. The van der Waals surface area contributed by atoms with Crippen LogP contribution in [0.15, 0.2) is 24.3 Å². The number of fused-ring (bicyclic) bond motifs is 1. The highest BCUT2D eigenvalue weighted by molar-refractivity contribution is 7.19. The van der Waals surface area contributed by atoms with Gasteiger partial charge in [0.1, 0.15) is 0 Å². The van der Waals surface area contributed by atoms with E-state index in [4.69, 9.17) is 11.6 Å². The fraction of sp³-hybridized carbons (Fsp3) is 0.200.